The molecule has 134 valence electrons. The standard InChI is InChI=1S/C18H18N4O4/c1-25-15-7-3-13(4-8-15)11-19-21-17(23)18(24)22-20-12-14-5-9-16(26-2)10-6-14/h3-12H,1-2H3,(H,21,23)(H,22,24)/b19-11-,20-12-. The van der Waals surface area contributed by atoms with Crippen LogP contribution >= 0.6 is 0 Å². The van der Waals surface area contributed by atoms with E-state index >= 15 is 0 Å². The highest BCUT2D eigenvalue weighted by Gasteiger charge is 2.10. The Kier molecular flexibility index (Phi) is 6.87. The normalized spacial score (nSPS) is 10.7. The molecule has 2 aromatic rings. The van der Waals surface area contributed by atoms with Gasteiger partial charge in [0.05, 0.1) is 26.6 Å². The summed E-state index contributed by atoms with van der Waals surface area (Å²) in [4.78, 5) is 23.2. The van der Waals surface area contributed by atoms with Crippen LogP contribution in [0.2, 0.25) is 0 Å². The molecule has 0 aromatic heterocycles. The number of hydrogen-bond donors (Lipinski definition) is 2. The number of benzene rings is 2. The summed E-state index contributed by atoms with van der Waals surface area (Å²) >= 11 is 0. The Morgan fingerprint density at radius 2 is 1.08 bits per heavy atom. The average Bonchev–Trinajstić information content (AvgIpc) is 2.68. The van der Waals surface area contributed by atoms with E-state index in [-0.39, 0.29) is 0 Å². The van der Waals surface area contributed by atoms with Gasteiger partial charge in [-0.25, -0.2) is 10.9 Å². The molecule has 0 aliphatic heterocycles. The first kappa shape index (κ1) is 18.7. The highest BCUT2D eigenvalue weighted by atomic mass is 16.5. The number of nitrogens with one attached hydrogen (secondary N) is 2. The highest BCUT2D eigenvalue weighted by molar-refractivity contribution is 6.35. The third-order valence-corrected chi connectivity index (χ3v) is 3.20. The van der Waals surface area contributed by atoms with Crippen molar-refractivity contribution in [2.24, 2.45) is 10.2 Å². The quantitative estimate of drug-likeness (QED) is 0.464. The molecule has 0 saturated carbocycles. The van der Waals surface area contributed by atoms with Gasteiger partial charge in [-0.1, -0.05) is 0 Å². The lowest BCUT2D eigenvalue weighted by atomic mass is 10.2. The molecule has 2 rings (SSSR count). The van der Waals surface area contributed by atoms with Gasteiger partial charge in [-0.15, -0.1) is 0 Å². The van der Waals surface area contributed by atoms with E-state index in [0.717, 1.165) is 11.1 Å². The zero-order chi connectivity index (χ0) is 18.8. The third-order valence-electron chi connectivity index (χ3n) is 3.20. The summed E-state index contributed by atoms with van der Waals surface area (Å²) in [6, 6.07) is 14.0. The van der Waals surface area contributed by atoms with Gasteiger partial charge in [0.15, 0.2) is 0 Å². The van der Waals surface area contributed by atoms with E-state index in [0.29, 0.717) is 11.5 Å². The zero-order valence-electron chi connectivity index (χ0n) is 14.3. The molecule has 8 heteroatoms. The molecule has 2 N–H and O–H groups in total. The number of amides is 2. The summed E-state index contributed by atoms with van der Waals surface area (Å²) in [5, 5.41) is 7.42. The van der Waals surface area contributed by atoms with Crippen LogP contribution in [0.3, 0.4) is 0 Å². The molecule has 0 atom stereocenters. The van der Waals surface area contributed by atoms with Crippen LogP contribution in [0, 0.1) is 0 Å². The highest BCUT2D eigenvalue weighted by Crippen LogP contribution is 2.10. The number of carbonyl (C=O) groups excluding carboxylic acids is 2. The largest absolute Gasteiger partial charge is 0.497 e. The number of nitrogens with zero attached hydrogens (tertiary/aromatic N) is 2. The maximum absolute atomic E-state index is 11.6. The van der Waals surface area contributed by atoms with Crippen LogP contribution in [0.5, 0.6) is 11.5 Å². The van der Waals surface area contributed by atoms with Crippen LogP contribution in [0.15, 0.2) is 58.7 Å². The van der Waals surface area contributed by atoms with Crippen molar-refractivity contribution in [1.29, 1.82) is 0 Å². The topological polar surface area (TPSA) is 101 Å². The minimum Gasteiger partial charge on any atom is -0.497 e. The lowest BCUT2D eigenvalue weighted by Gasteiger charge is -2.00. The van der Waals surface area contributed by atoms with Crippen molar-refractivity contribution in [2.45, 2.75) is 0 Å². The van der Waals surface area contributed by atoms with Crippen molar-refractivity contribution in [3.63, 3.8) is 0 Å². The summed E-state index contributed by atoms with van der Waals surface area (Å²) in [5.41, 5.74) is 5.72. The Labute approximate surface area is 150 Å². The number of hydrogen-bond acceptors (Lipinski definition) is 6. The summed E-state index contributed by atoms with van der Waals surface area (Å²) in [5.74, 6) is -0.441. The molecule has 26 heavy (non-hydrogen) atoms. The summed E-state index contributed by atoms with van der Waals surface area (Å²) in [7, 11) is 3.14. The molecule has 0 heterocycles. The molecule has 0 radical (unpaired) electrons. The molecule has 0 saturated heterocycles. The van der Waals surface area contributed by atoms with Crippen LogP contribution in [0.25, 0.3) is 0 Å². The van der Waals surface area contributed by atoms with Crippen LogP contribution < -0.4 is 20.3 Å². The zero-order valence-corrected chi connectivity index (χ0v) is 14.3. The Morgan fingerprint density at radius 3 is 1.38 bits per heavy atom. The molecular formula is C18H18N4O4. The molecule has 0 aliphatic carbocycles. The van der Waals surface area contributed by atoms with E-state index in [4.69, 9.17) is 9.47 Å². The van der Waals surface area contributed by atoms with Gasteiger partial charge in [0.25, 0.3) is 0 Å². The van der Waals surface area contributed by atoms with E-state index in [9.17, 15) is 9.59 Å². The van der Waals surface area contributed by atoms with Crippen LogP contribution in [-0.4, -0.2) is 38.5 Å². The molecule has 0 fully saturated rings. The molecular weight excluding hydrogens is 336 g/mol. The van der Waals surface area contributed by atoms with Crippen LogP contribution in [0.4, 0.5) is 0 Å². The van der Waals surface area contributed by atoms with Gasteiger partial charge >= 0.3 is 11.8 Å². The molecule has 2 amide bonds. The van der Waals surface area contributed by atoms with Crippen molar-refractivity contribution in [1.82, 2.24) is 10.9 Å². The molecule has 0 spiro atoms. The Balaban J connectivity index is 1.79. The van der Waals surface area contributed by atoms with Crippen LogP contribution in [0.1, 0.15) is 11.1 Å². The van der Waals surface area contributed by atoms with E-state index in [1.54, 1.807) is 62.8 Å². The smallest absolute Gasteiger partial charge is 0.331 e. The Morgan fingerprint density at radius 1 is 0.731 bits per heavy atom. The van der Waals surface area contributed by atoms with Gasteiger partial charge in [0, 0.05) is 0 Å². The fourth-order valence-corrected chi connectivity index (χ4v) is 1.81. The number of methoxy groups -OCH3 is 2. The van der Waals surface area contributed by atoms with Crippen molar-refractivity contribution in [3.05, 3.63) is 59.7 Å². The van der Waals surface area contributed by atoms with Gasteiger partial charge < -0.3 is 9.47 Å². The lowest BCUT2D eigenvalue weighted by Crippen LogP contribution is -2.35. The number of carbonyl (C=O) groups is 2. The van der Waals surface area contributed by atoms with Gasteiger partial charge in [-0.3, -0.25) is 9.59 Å². The predicted molar refractivity (Wildman–Crippen MR) is 97.5 cm³/mol. The first-order valence-electron chi connectivity index (χ1n) is 7.57. The second kappa shape index (κ2) is 9.58. The minimum atomic E-state index is -0.929. The lowest BCUT2D eigenvalue weighted by molar-refractivity contribution is -0.139. The Bertz CT molecular complexity index is 729. The van der Waals surface area contributed by atoms with Gasteiger partial charge in [0.1, 0.15) is 11.5 Å². The van der Waals surface area contributed by atoms with Crippen LogP contribution in [-0.2, 0) is 9.59 Å². The predicted octanol–water partition coefficient (Wildman–Crippen LogP) is 1.30. The van der Waals surface area contributed by atoms with Crippen molar-refractivity contribution < 1.29 is 19.1 Å². The molecule has 8 nitrogen and oxygen atoms in total. The fraction of sp³-hybridized carbons (Fsp3) is 0.111. The van der Waals surface area contributed by atoms with E-state index < -0.39 is 11.8 Å². The van der Waals surface area contributed by atoms with Gasteiger partial charge in [-0.05, 0) is 59.7 Å². The second-order valence-electron chi connectivity index (χ2n) is 4.94. The summed E-state index contributed by atoms with van der Waals surface area (Å²) in [6.45, 7) is 0. The number of ether oxygens (including phenoxy) is 2. The Hall–Kier alpha value is -3.68. The van der Waals surface area contributed by atoms with E-state index in [1.165, 1.54) is 12.4 Å². The summed E-state index contributed by atoms with van der Waals surface area (Å²) < 4.78 is 10.1. The maximum Gasteiger partial charge on any atom is 0.331 e. The molecule has 0 aliphatic rings. The third kappa shape index (κ3) is 5.75. The maximum atomic E-state index is 11.6. The van der Waals surface area contributed by atoms with E-state index in [1.807, 2.05) is 0 Å². The van der Waals surface area contributed by atoms with Gasteiger partial charge in [0.2, 0.25) is 0 Å². The van der Waals surface area contributed by atoms with Crippen molar-refractivity contribution >= 4 is 24.2 Å². The molecule has 0 bridgehead atoms. The number of hydrazone groups is 2. The SMILES string of the molecule is COc1ccc(/C=N\NC(=O)C(=O)N/N=C\c2ccc(OC)cc2)cc1. The molecule has 2 aromatic carbocycles. The van der Waals surface area contributed by atoms with Crippen molar-refractivity contribution in [2.75, 3.05) is 14.2 Å². The van der Waals surface area contributed by atoms with Gasteiger partial charge in [-0.2, -0.15) is 10.2 Å². The van der Waals surface area contributed by atoms with E-state index in [2.05, 4.69) is 21.1 Å². The first-order chi connectivity index (χ1) is 12.6. The second-order valence-corrected chi connectivity index (χ2v) is 4.94. The number of rotatable bonds is 6. The minimum absolute atomic E-state index is 0.709. The fourth-order valence-electron chi connectivity index (χ4n) is 1.81. The monoisotopic (exact) mass is 354 g/mol. The van der Waals surface area contributed by atoms with Crippen molar-refractivity contribution in [3.8, 4) is 11.5 Å². The first-order valence-corrected chi connectivity index (χ1v) is 7.57. The summed E-state index contributed by atoms with van der Waals surface area (Å²) in [6.07, 6.45) is 2.82. The average molecular weight is 354 g/mol. The molecule has 0 unspecified atom stereocenters.